The molecule has 0 amide bonds. The zero-order valence-electron chi connectivity index (χ0n) is 12.5. The molecule has 22 heavy (non-hydrogen) atoms. The van der Waals surface area contributed by atoms with Crippen molar-refractivity contribution in [1.82, 2.24) is 19.9 Å². The van der Waals surface area contributed by atoms with Crippen LogP contribution in [0.1, 0.15) is 18.2 Å². The summed E-state index contributed by atoms with van der Waals surface area (Å²) < 4.78 is 5.38. The van der Waals surface area contributed by atoms with Crippen LogP contribution in [0.15, 0.2) is 47.6 Å². The van der Waals surface area contributed by atoms with Crippen molar-refractivity contribution in [2.24, 2.45) is 5.92 Å². The Bertz CT molecular complexity index is 803. The van der Waals surface area contributed by atoms with Gasteiger partial charge in [0.1, 0.15) is 11.4 Å². The van der Waals surface area contributed by atoms with Gasteiger partial charge in [0.25, 0.3) is 0 Å². The lowest BCUT2D eigenvalue weighted by Crippen LogP contribution is -2.32. The Morgan fingerprint density at radius 3 is 3.27 bits per heavy atom. The first kappa shape index (κ1) is 13.3. The van der Waals surface area contributed by atoms with Gasteiger partial charge >= 0.3 is 0 Å². The number of rotatable bonds is 3. The summed E-state index contributed by atoms with van der Waals surface area (Å²) in [6, 6.07) is 4.11. The van der Waals surface area contributed by atoms with Crippen molar-refractivity contribution < 1.29 is 4.42 Å². The van der Waals surface area contributed by atoms with Crippen molar-refractivity contribution in [3.05, 3.63) is 54.5 Å². The molecular formula is C17H18N4O. The van der Waals surface area contributed by atoms with Gasteiger partial charge in [0.15, 0.2) is 6.39 Å². The van der Waals surface area contributed by atoms with Gasteiger partial charge < -0.3 is 9.40 Å². The summed E-state index contributed by atoms with van der Waals surface area (Å²) in [6.45, 7) is 4.99. The zero-order valence-corrected chi connectivity index (χ0v) is 12.5. The predicted octanol–water partition coefficient (Wildman–Crippen LogP) is 3.09. The quantitative estimate of drug-likeness (QED) is 0.806. The van der Waals surface area contributed by atoms with Crippen molar-refractivity contribution in [3.8, 4) is 0 Å². The third-order valence-corrected chi connectivity index (χ3v) is 4.09. The standard InChI is InChI=1S/C17H18N4O/c1-12-5-13(9-21(8-12)10-14-6-18-11-22-14)16-7-20-17-15(16)3-2-4-19-17/h2-7,11-12H,8-10H2,1H3,(H,19,20)/t12-/m1/s1. The second kappa shape index (κ2) is 5.42. The van der Waals surface area contributed by atoms with Crippen molar-refractivity contribution in [2.75, 3.05) is 13.1 Å². The Labute approximate surface area is 128 Å². The van der Waals surface area contributed by atoms with Crippen LogP contribution in [0.25, 0.3) is 16.6 Å². The van der Waals surface area contributed by atoms with Crippen LogP contribution >= 0.6 is 0 Å². The van der Waals surface area contributed by atoms with Gasteiger partial charge in [-0.2, -0.15) is 0 Å². The maximum absolute atomic E-state index is 5.38. The molecule has 1 aliphatic rings. The number of nitrogens with zero attached hydrogens (tertiary/aromatic N) is 3. The fourth-order valence-corrected chi connectivity index (χ4v) is 3.22. The molecule has 4 heterocycles. The third kappa shape index (κ3) is 2.44. The first-order valence-electron chi connectivity index (χ1n) is 7.52. The van der Waals surface area contributed by atoms with Crippen LogP contribution in [-0.4, -0.2) is 32.9 Å². The van der Waals surface area contributed by atoms with E-state index in [0.717, 1.165) is 31.0 Å². The molecule has 5 heteroatoms. The van der Waals surface area contributed by atoms with E-state index in [-0.39, 0.29) is 0 Å². The van der Waals surface area contributed by atoms with Crippen molar-refractivity contribution in [2.45, 2.75) is 13.5 Å². The number of aromatic nitrogens is 3. The molecule has 0 saturated heterocycles. The van der Waals surface area contributed by atoms with E-state index in [4.69, 9.17) is 4.42 Å². The van der Waals surface area contributed by atoms with Crippen molar-refractivity contribution in [3.63, 3.8) is 0 Å². The lowest BCUT2D eigenvalue weighted by atomic mass is 9.96. The van der Waals surface area contributed by atoms with Crippen LogP contribution in [0.3, 0.4) is 0 Å². The molecule has 0 fully saturated rings. The first-order valence-corrected chi connectivity index (χ1v) is 7.52. The van der Waals surface area contributed by atoms with E-state index in [2.05, 4.69) is 45.1 Å². The number of hydrogen-bond acceptors (Lipinski definition) is 4. The lowest BCUT2D eigenvalue weighted by molar-refractivity contribution is 0.243. The van der Waals surface area contributed by atoms with Crippen LogP contribution in [0, 0.1) is 5.92 Å². The Kier molecular flexibility index (Phi) is 3.27. The number of aromatic amines is 1. The molecule has 0 aromatic carbocycles. The number of H-pyrrole nitrogens is 1. The van der Waals surface area contributed by atoms with E-state index in [1.165, 1.54) is 22.9 Å². The highest BCUT2D eigenvalue weighted by atomic mass is 16.3. The van der Waals surface area contributed by atoms with E-state index >= 15 is 0 Å². The average molecular weight is 294 g/mol. The molecule has 1 atom stereocenters. The number of fused-ring (bicyclic) bond motifs is 1. The van der Waals surface area contributed by atoms with Crippen molar-refractivity contribution >= 4 is 16.6 Å². The summed E-state index contributed by atoms with van der Waals surface area (Å²) in [5, 5.41) is 1.18. The maximum atomic E-state index is 5.38. The third-order valence-electron chi connectivity index (χ3n) is 4.09. The molecule has 1 aliphatic heterocycles. The van der Waals surface area contributed by atoms with Gasteiger partial charge in [-0.05, 0) is 23.6 Å². The summed E-state index contributed by atoms with van der Waals surface area (Å²) in [4.78, 5) is 14.0. The largest absolute Gasteiger partial charge is 0.447 e. The molecule has 0 spiro atoms. The molecule has 112 valence electrons. The second-order valence-corrected chi connectivity index (χ2v) is 5.91. The van der Waals surface area contributed by atoms with Gasteiger partial charge in [0.2, 0.25) is 0 Å². The maximum Gasteiger partial charge on any atom is 0.180 e. The number of hydrogen-bond donors (Lipinski definition) is 1. The SMILES string of the molecule is C[C@@H]1C=C(c2c[nH]c3ncccc23)CN(Cc2cnco2)C1. The minimum Gasteiger partial charge on any atom is -0.447 e. The van der Waals surface area contributed by atoms with Crippen LogP contribution in [0.2, 0.25) is 0 Å². The van der Waals surface area contributed by atoms with E-state index < -0.39 is 0 Å². The Balaban J connectivity index is 1.63. The Morgan fingerprint density at radius 2 is 2.41 bits per heavy atom. The molecule has 1 N–H and O–H groups in total. The Morgan fingerprint density at radius 1 is 1.45 bits per heavy atom. The minimum absolute atomic E-state index is 0.508. The predicted molar refractivity (Wildman–Crippen MR) is 85.0 cm³/mol. The Hall–Kier alpha value is -2.40. The molecule has 0 aliphatic carbocycles. The monoisotopic (exact) mass is 294 g/mol. The van der Waals surface area contributed by atoms with Crippen LogP contribution in [0.4, 0.5) is 0 Å². The normalized spacial score (nSPS) is 19.5. The van der Waals surface area contributed by atoms with Gasteiger partial charge in [-0.15, -0.1) is 0 Å². The zero-order chi connectivity index (χ0) is 14.9. The molecule has 3 aromatic heterocycles. The number of oxazole rings is 1. The number of nitrogens with one attached hydrogen (secondary N) is 1. The molecule has 3 aromatic rings. The van der Waals surface area contributed by atoms with Crippen LogP contribution in [0.5, 0.6) is 0 Å². The molecular weight excluding hydrogens is 276 g/mol. The van der Waals surface area contributed by atoms with E-state index in [0.29, 0.717) is 5.92 Å². The molecule has 0 radical (unpaired) electrons. The van der Waals surface area contributed by atoms with Crippen LogP contribution < -0.4 is 0 Å². The number of pyridine rings is 1. The topological polar surface area (TPSA) is 58.0 Å². The van der Waals surface area contributed by atoms with E-state index in [1.54, 1.807) is 6.20 Å². The lowest BCUT2D eigenvalue weighted by Gasteiger charge is -2.30. The van der Waals surface area contributed by atoms with Crippen molar-refractivity contribution in [1.29, 1.82) is 0 Å². The first-order chi connectivity index (χ1) is 10.8. The van der Waals surface area contributed by atoms with E-state index in [9.17, 15) is 0 Å². The molecule has 0 bridgehead atoms. The molecule has 5 nitrogen and oxygen atoms in total. The summed E-state index contributed by atoms with van der Waals surface area (Å²) in [6.07, 6.45) is 9.53. The average Bonchev–Trinajstić information content (AvgIpc) is 3.15. The van der Waals surface area contributed by atoms with Gasteiger partial charge in [0, 0.05) is 36.4 Å². The van der Waals surface area contributed by atoms with Gasteiger partial charge in [-0.25, -0.2) is 9.97 Å². The molecule has 0 saturated carbocycles. The summed E-state index contributed by atoms with van der Waals surface area (Å²) >= 11 is 0. The summed E-state index contributed by atoms with van der Waals surface area (Å²) in [5.41, 5.74) is 3.54. The minimum atomic E-state index is 0.508. The fraction of sp³-hybridized carbons (Fsp3) is 0.294. The summed E-state index contributed by atoms with van der Waals surface area (Å²) in [7, 11) is 0. The van der Waals surface area contributed by atoms with Gasteiger partial charge in [0.05, 0.1) is 12.7 Å². The van der Waals surface area contributed by atoms with Gasteiger partial charge in [-0.3, -0.25) is 4.90 Å². The molecule has 4 rings (SSSR count). The smallest absolute Gasteiger partial charge is 0.180 e. The fourth-order valence-electron chi connectivity index (χ4n) is 3.22. The summed E-state index contributed by atoms with van der Waals surface area (Å²) in [5.74, 6) is 1.42. The molecule has 0 unspecified atom stereocenters. The highest BCUT2D eigenvalue weighted by Gasteiger charge is 2.21. The highest BCUT2D eigenvalue weighted by molar-refractivity contribution is 5.91. The van der Waals surface area contributed by atoms with Gasteiger partial charge in [-0.1, -0.05) is 13.0 Å². The second-order valence-electron chi connectivity index (χ2n) is 5.91. The van der Waals surface area contributed by atoms with E-state index in [1.807, 2.05) is 12.3 Å². The highest BCUT2D eigenvalue weighted by Crippen LogP contribution is 2.29. The van der Waals surface area contributed by atoms with Crippen LogP contribution in [-0.2, 0) is 6.54 Å².